The van der Waals surface area contributed by atoms with Gasteiger partial charge in [-0.2, -0.15) is 0 Å². The van der Waals surface area contributed by atoms with Crippen LogP contribution in [-0.2, 0) is 27.3 Å². The zero-order chi connectivity index (χ0) is 19.2. The van der Waals surface area contributed by atoms with Crippen LogP contribution in [0.25, 0.3) is 0 Å². The molecule has 1 rings (SSSR count). The summed E-state index contributed by atoms with van der Waals surface area (Å²) >= 11 is 0. The van der Waals surface area contributed by atoms with Crippen molar-refractivity contribution in [2.75, 3.05) is 13.9 Å². The number of nitrogens with two attached hydrogens (primary N) is 1. The van der Waals surface area contributed by atoms with Crippen LogP contribution in [0.1, 0.15) is 31.9 Å². The van der Waals surface area contributed by atoms with Crippen molar-refractivity contribution in [1.82, 2.24) is 0 Å². The molecule has 0 bridgehead atoms. The number of aliphatic hydroxyl groups excluding tert-OH is 1. The first kappa shape index (κ1) is 20.8. The van der Waals surface area contributed by atoms with Gasteiger partial charge in [0.25, 0.3) is 5.69 Å². The molecule has 0 aliphatic rings. The molecule has 0 saturated heterocycles. The number of hydrogen-bond acceptors (Lipinski definition) is 8. The molecule has 3 N–H and O–H groups in total. The fourth-order valence-corrected chi connectivity index (χ4v) is 2.08. The fourth-order valence-electron chi connectivity index (χ4n) is 2.08. The minimum absolute atomic E-state index is 0.108. The first-order valence-corrected chi connectivity index (χ1v) is 7.60. The Bertz CT molecular complexity index is 626. The third-order valence-electron chi connectivity index (χ3n) is 3.11. The van der Waals surface area contributed by atoms with E-state index >= 15 is 0 Å². The van der Waals surface area contributed by atoms with Crippen molar-refractivity contribution in [1.29, 1.82) is 0 Å². The van der Waals surface area contributed by atoms with Crippen molar-refractivity contribution in [3.8, 4) is 5.75 Å². The predicted molar refractivity (Wildman–Crippen MR) is 89.0 cm³/mol. The highest BCUT2D eigenvalue weighted by atomic mass is 16.7. The van der Waals surface area contributed by atoms with E-state index in [1.54, 1.807) is 20.8 Å². The van der Waals surface area contributed by atoms with E-state index in [4.69, 9.17) is 19.9 Å². The van der Waals surface area contributed by atoms with Gasteiger partial charge in [-0.3, -0.25) is 14.9 Å². The summed E-state index contributed by atoms with van der Waals surface area (Å²) in [6, 6.07) is 1.50. The Labute approximate surface area is 145 Å². The van der Waals surface area contributed by atoms with Crippen LogP contribution < -0.4 is 10.5 Å². The number of carbonyl (C=O) groups excluding carboxylic acids is 1. The molecular weight excluding hydrogens is 332 g/mol. The molecule has 9 nitrogen and oxygen atoms in total. The van der Waals surface area contributed by atoms with Gasteiger partial charge in [0.05, 0.1) is 17.6 Å². The van der Waals surface area contributed by atoms with Crippen molar-refractivity contribution in [2.24, 2.45) is 5.73 Å². The van der Waals surface area contributed by atoms with Gasteiger partial charge < -0.3 is 25.1 Å². The second-order valence-corrected chi connectivity index (χ2v) is 6.40. The molecule has 0 heterocycles. The maximum absolute atomic E-state index is 12.0. The molecule has 0 fully saturated rings. The highest BCUT2D eigenvalue weighted by Crippen LogP contribution is 2.30. The van der Waals surface area contributed by atoms with Crippen LogP contribution in [0, 0.1) is 10.1 Å². The van der Waals surface area contributed by atoms with Crippen molar-refractivity contribution >= 4 is 11.7 Å². The summed E-state index contributed by atoms with van der Waals surface area (Å²) in [6.45, 7) is 4.58. The number of carbonyl (C=O) groups is 1. The predicted octanol–water partition coefficient (Wildman–Crippen LogP) is 1.28. The average molecular weight is 356 g/mol. The summed E-state index contributed by atoms with van der Waals surface area (Å²) in [7, 11) is 1.40. The van der Waals surface area contributed by atoms with Crippen LogP contribution in [-0.4, -0.2) is 41.5 Å². The monoisotopic (exact) mass is 356 g/mol. The molecule has 9 heteroatoms. The summed E-state index contributed by atoms with van der Waals surface area (Å²) in [5, 5.41) is 20.8. The van der Waals surface area contributed by atoms with E-state index in [1.165, 1.54) is 19.2 Å². The summed E-state index contributed by atoms with van der Waals surface area (Å²) in [4.78, 5) is 22.7. The topological polar surface area (TPSA) is 134 Å². The number of nitro groups is 1. The zero-order valence-corrected chi connectivity index (χ0v) is 14.8. The Balaban J connectivity index is 3.12. The standard InChI is InChI=1S/C16H24N2O7/c1-16(2,3)25-15(20)12(17)6-10-5-11(8-19)14(24-9-23-4)7-13(10)18(21)22/h5,7,12,19H,6,8-9,17H2,1-4H3/t12-/m0/s1. The smallest absolute Gasteiger partial charge is 0.323 e. The third-order valence-corrected chi connectivity index (χ3v) is 3.11. The second-order valence-electron chi connectivity index (χ2n) is 6.40. The highest BCUT2D eigenvalue weighted by Gasteiger charge is 2.26. The average Bonchev–Trinajstić information content (AvgIpc) is 2.51. The van der Waals surface area contributed by atoms with Gasteiger partial charge in [0, 0.05) is 24.7 Å². The SMILES string of the molecule is COCOc1cc([N+](=O)[O-])c(C[C@H](N)C(=O)OC(C)(C)C)cc1CO. The van der Waals surface area contributed by atoms with Crippen LogP contribution in [0.4, 0.5) is 5.69 Å². The molecule has 1 atom stereocenters. The Morgan fingerprint density at radius 1 is 1.36 bits per heavy atom. The molecular formula is C16H24N2O7. The number of ether oxygens (including phenoxy) is 3. The number of benzene rings is 1. The largest absolute Gasteiger partial charge is 0.467 e. The lowest BCUT2D eigenvalue weighted by Gasteiger charge is -2.22. The molecule has 0 aliphatic carbocycles. The van der Waals surface area contributed by atoms with Crippen LogP contribution in [0.15, 0.2) is 12.1 Å². The van der Waals surface area contributed by atoms with Gasteiger partial charge in [-0.1, -0.05) is 0 Å². The van der Waals surface area contributed by atoms with Gasteiger partial charge in [0.1, 0.15) is 17.4 Å². The molecule has 0 amide bonds. The van der Waals surface area contributed by atoms with Crippen molar-refractivity contribution < 1.29 is 29.0 Å². The lowest BCUT2D eigenvalue weighted by Crippen LogP contribution is -2.39. The molecule has 0 spiro atoms. The first-order chi connectivity index (χ1) is 11.6. The lowest BCUT2D eigenvalue weighted by molar-refractivity contribution is -0.385. The lowest BCUT2D eigenvalue weighted by atomic mass is 10.0. The zero-order valence-electron chi connectivity index (χ0n) is 14.8. The third kappa shape index (κ3) is 6.29. The quantitative estimate of drug-likeness (QED) is 0.308. The van der Waals surface area contributed by atoms with Crippen LogP contribution >= 0.6 is 0 Å². The summed E-state index contributed by atoms with van der Waals surface area (Å²) in [6.07, 6.45) is -0.108. The fraction of sp³-hybridized carbons (Fsp3) is 0.562. The van der Waals surface area contributed by atoms with Gasteiger partial charge in [-0.25, -0.2) is 0 Å². The number of methoxy groups -OCH3 is 1. The Morgan fingerprint density at radius 3 is 2.48 bits per heavy atom. The van der Waals surface area contributed by atoms with E-state index in [0.29, 0.717) is 5.56 Å². The molecule has 0 unspecified atom stereocenters. The normalized spacial score (nSPS) is 12.6. The number of nitrogens with zero attached hydrogens (tertiary/aromatic N) is 1. The van der Waals surface area contributed by atoms with E-state index in [-0.39, 0.29) is 30.2 Å². The van der Waals surface area contributed by atoms with E-state index in [0.717, 1.165) is 0 Å². The minimum atomic E-state index is -1.07. The molecule has 25 heavy (non-hydrogen) atoms. The van der Waals surface area contributed by atoms with E-state index in [1.807, 2.05) is 0 Å². The van der Waals surface area contributed by atoms with Gasteiger partial charge >= 0.3 is 5.97 Å². The Kier molecular flexibility index (Phi) is 7.28. The maximum Gasteiger partial charge on any atom is 0.323 e. The number of esters is 1. The number of rotatable bonds is 8. The molecule has 140 valence electrons. The first-order valence-electron chi connectivity index (χ1n) is 7.60. The maximum atomic E-state index is 12.0. The number of hydrogen-bond donors (Lipinski definition) is 2. The van der Waals surface area contributed by atoms with E-state index < -0.39 is 29.1 Å². The van der Waals surface area contributed by atoms with Gasteiger partial charge in [-0.15, -0.1) is 0 Å². The Hall–Kier alpha value is -2.23. The minimum Gasteiger partial charge on any atom is -0.467 e. The second kappa shape index (κ2) is 8.75. The molecule has 0 aliphatic heterocycles. The molecule has 0 aromatic heterocycles. The van der Waals surface area contributed by atoms with Crippen molar-refractivity contribution in [2.45, 2.75) is 45.4 Å². The van der Waals surface area contributed by atoms with Gasteiger partial charge in [0.2, 0.25) is 0 Å². The molecule has 0 radical (unpaired) electrons. The highest BCUT2D eigenvalue weighted by molar-refractivity contribution is 5.76. The number of nitro benzene ring substituents is 1. The Morgan fingerprint density at radius 2 is 2.00 bits per heavy atom. The molecule has 1 aromatic rings. The summed E-state index contributed by atoms with van der Waals surface area (Å²) in [5.74, 6) is -0.530. The van der Waals surface area contributed by atoms with E-state index in [2.05, 4.69) is 0 Å². The van der Waals surface area contributed by atoms with Crippen LogP contribution in [0.2, 0.25) is 0 Å². The van der Waals surface area contributed by atoms with Crippen molar-refractivity contribution in [3.05, 3.63) is 33.4 Å². The van der Waals surface area contributed by atoms with Crippen molar-refractivity contribution in [3.63, 3.8) is 0 Å². The van der Waals surface area contributed by atoms with Crippen LogP contribution in [0.5, 0.6) is 5.75 Å². The van der Waals surface area contributed by atoms with Crippen LogP contribution in [0.3, 0.4) is 0 Å². The molecule has 1 aromatic carbocycles. The number of aliphatic hydroxyl groups is 1. The van der Waals surface area contributed by atoms with Gasteiger partial charge in [0.15, 0.2) is 6.79 Å². The summed E-state index contributed by atoms with van der Waals surface area (Å²) < 4.78 is 15.2. The van der Waals surface area contributed by atoms with E-state index in [9.17, 15) is 20.0 Å². The summed E-state index contributed by atoms with van der Waals surface area (Å²) in [5.41, 5.74) is 5.38. The molecule has 0 saturated carbocycles. The van der Waals surface area contributed by atoms with Gasteiger partial charge in [-0.05, 0) is 26.8 Å².